The van der Waals surface area contributed by atoms with E-state index < -0.39 is 0 Å². The molecule has 0 aliphatic heterocycles. The SMILES string of the molecule is CC(N)CSCC(=O)Nc1c(Br)cc(Br)cc1Br. The van der Waals surface area contributed by atoms with E-state index in [4.69, 9.17) is 5.73 Å². The molecule has 1 unspecified atom stereocenters. The van der Waals surface area contributed by atoms with Gasteiger partial charge >= 0.3 is 0 Å². The van der Waals surface area contributed by atoms with Gasteiger partial charge in [-0.05, 0) is 50.9 Å². The van der Waals surface area contributed by atoms with Crippen LogP contribution in [0.25, 0.3) is 0 Å². The molecule has 0 fully saturated rings. The highest BCUT2D eigenvalue weighted by Gasteiger charge is 2.10. The Kier molecular flexibility index (Phi) is 7.23. The topological polar surface area (TPSA) is 55.1 Å². The normalized spacial score (nSPS) is 12.3. The number of nitrogens with two attached hydrogens (primary N) is 1. The van der Waals surface area contributed by atoms with Gasteiger partial charge in [0, 0.05) is 25.2 Å². The van der Waals surface area contributed by atoms with Gasteiger partial charge in [-0.1, -0.05) is 15.9 Å². The van der Waals surface area contributed by atoms with Crippen LogP contribution in [0.3, 0.4) is 0 Å². The minimum atomic E-state index is -0.0376. The van der Waals surface area contributed by atoms with Crippen molar-refractivity contribution in [2.75, 3.05) is 16.8 Å². The fourth-order valence-corrected chi connectivity index (χ4v) is 4.38. The number of nitrogens with one attached hydrogen (secondary N) is 1. The number of amides is 1. The van der Waals surface area contributed by atoms with Crippen molar-refractivity contribution in [1.29, 1.82) is 0 Å². The molecule has 3 nitrogen and oxygen atoms in total. The van der Waals surface area contributed by atoms with Gasteiger partial charge in [-0.3, -0.25) is 4.79 Å². The van der Waals surface area contributed by atoms with Crippen molar-refractivity contribution in [2.24, 2.45) is 5.73 Å². The van der Waals surface area contributed by atoms with Crippen molar-refractivity contribution in [3.63, 3.8) is 0 Å². The van der Waals surface area contributed by atoms with E-state index in [1.165, 1.54) is 11.8 Å². The molecule has 1 aromatic rings. The molecule has 0 radical (unpaired) electrons. The van der Waals surface area contributed by atoms with Crippen molar-refractivity contribution in [3.8, 4) is 0 Å². The number of thioether (sulfide) groups is 1. The second kappa shape index (κ2) is 7.89. The molecule has 0 aromatic heterocycles. The Hall–Kier alpha value is 0.440. The predicted molar refractivity (Wildman–Crippen MR) is 89.1 cm³/mol. The van der Waals surface area contributed by atoms with E-state index in [0.717, 1.165) is 24.9 Å². The fraction of sp³-hybridized carbons (Fsp3) is 0.364. The van der Waals surface area contributed by atoms with Gasteiger partial charge in [0.05, 0.1) is 11.4 Å². The van der Waals surface area contributed by atoms with Gasteiger partial charge in [-0.15, -0.1) is 0 Å². The van der Waals surface area contributed by atoms with E-state index in [-0.39, 0.29) is 11.9 Å². The van der Waals surface area contributed by atoms with E-state index in [0.29, 0.717) is 5.75 Å². The van der Waals surface area contributed by atoms with Crippen LogP contribution in [0.2, 0.25) is 0 Å². The second-order valence-corrected chi connectivity index (χ2v) is 7.44. The van der Waals surface area contributed by atoms with Gasteiger partial charge in [-0.2, -0.15) is 11.8 Å². The van der Waals surface area contributed by atoms with E-state index in [1.807, 2.05) is 19.1 Å². The molecule has 7 heteroatoms. The van der Waals surface area contributed by atoms with E-state index in [9.17, 15) is 4.79 Å². The standard InChI is InChI=1S/C11H13Br3N2OS/c1-6(15)4-18-5-10(17)16-11-8(13)2-7(12)3-9(11)14/h2-3,6H,4-5,15H2,1H3,(H,16,17). The summed E-state index contributed by atoms with van der Waals surface area (Å²) < 4.78 is 2.59. The van der Waals surface area contributed by atoms with Crippen molar-refractivity contribution in [3.05, 3.63) is 25.6 Å². The van der Waals surface area contributed by atoms with Gasteiger partial charge < -0.3 is 11.1 Å². The molecule has 0 aliphatic carbocycles. The van der Waals surface area contributed by atoms with Crippen LogP contribution in [0.15, 0.2) is 25.6 Å². The van der Waals surface area contributed by atoms with Crippen LogP contribution < -0.4 is 11.1 Å². The predicted octanol–water partition coefficient (Wildman–Crippen LogP) is 3.99. The first-order valence-corrected chi connectivity index (χ1v) is 8.71. The third-order valence-corrected chi connectivity index (χ3v) is 4.82. The largest absolute Gasteiger partial charge is 0.327 e. The third kappa shape index (κ3) is 5.61. The molecule has 18 heavy (non-hydrogen) atoms. The molecule has 0 heterocycles. The van der Waals surface area contributed by atoms with Crippen molar-refractivity contribution in [1.82, 2.24) is 0 Å². The molecule has 0 bridgehead atoms. The summed E-state index contributed by atoms with van der Waals surface area (Å²) in [5.41, 5.74) is 6.36. The second-order valence-electron chi connectivity index (χ2n) is 3.79. The van der Waals surface area contributed by atoms with Crippen LogP contribution >= 0.6 is 59.6 Å². The molecule has 1 amide bonds. The highest BCUT2D eigenvalue weighted by atomic mass is 79.9. The summed E-state index contributed by atoms with van der Waals surface area (Å²) >= 11 is 11.7. The molecule has 3 N–H and O–H groups in total. The van der Waals surface area contributed by atoms with Crippen LogP contribution in [0.5, 0.6) is 0 Å². The highest BCUT2D eigenvalue weighted by molar-refractivity contribution is 9.11. The summed E-state index contributed by atoms with van der Waals surface area (Å²) in [4.78, 5) is 11.8. The summed E-state index contributed by atoms with van der Waals surface area (Å²) in [6, 6.07) is 3.87. The maximum Gasteiger partial charge on any atom is 0.234 e. The summed E-state index contributed by atoms with van der Waals surface area (Å²) in [6.45, 7) is 1.92. The summed E-state index contributed by atoms with van der Waals surface area (Å²) in [7, 11) is 0. The van der Waals surface area contributed by atoms with Gasteiger partial charge in [0.15, 0.2) is 0 Å². The molecule has 1 aromatic carbocycles. The number of benzene rings is 1. The molecule has 0 saturated carbocycles. The van der Waals surface area contributed by atoms with Gasteiger partial charge in [0.2, 0.25) is 5.91 Å². The monoisotopic (exact) mass is 458 g/mol. The Morgan fingerprint density at radius 2 is 1.94 bits per heavy atom. The number of hydrogen-bond acceptors (Lipinski definition) is 3. The number of carbonyl (C=O) groups is 1. The molecule has 0 spiro atoms. The summed E-state index contributed by atoms with van der Waals surface area (Å²) in [5, 5.41) is 2.86. The zero-order chi connectivity index (χ0) is 13.7. The lowest BCUT2D eigenvalue weighted by Gasteiger charge is -2.10. The minimum Gasteiger partial charge on any atom is -0.327 e. The zero-order valence-electron chi connectivity index (χ0n) is 9.67. The van der Waals surface area contributed by atoms with Crippen molar-refractivity contribution < 1.29 is 4.79 Å². The quantitative estimate of drug-likeness (QED) is 0.698. The number of carbonyl (C=O) groups excluding carboxylic acids is 1. The Morgan fingerprint density at radius 1 is 1.39 bits per heavy atom. The first-order chi connectivity index (χ1) is 8.40. The van der Waals surface area contributed by atoms with Crippen LogP contribution in [-0.2, 0) is 4.79 Å². The lowest BCUT2D eigenvalue weighted by molar-refractivity contribution is -0.113. The van der Waals surface area contributed by atoms with Crippen LogP contribution in [0.1, 0.15) is 6.92 Å². The van der Waals surface area contributed by atoms with E-state index in [1.54, 1.807) is 0 Å². The molecule has 0 saturated heterocycles. The Morgan fingerprint density at radius 3 is 2.44 bits per heavy atom. The maximum absolute atomic E-state index is 11.8. The Labute approximate surface area is 136 Å². The number of hydrogen-bond donors (Lipinski definition) is 2. The molecule has 1 rings (SSSR count). The van der Waals surface area contributed by atoms with Crippen molar-refractivity contribution in [2.45, 2.75) is 13.0 Å². The average molecular weight is 461 g/mol. The van der Waals surface area contributed by atoms with Crippen LogP contribution in [-0.4, -0.2) is 23.5 Å². The number of anilines is 1. The van der Waals surface area contributed by atoms with E-state index in [2.05, 4.69) is 53.1 Å². The smallest absolute Gasteiger partial charge is 0.234 e. The molecular weight excluding hydrogens is 448 g/mol. The van der Waals surface area contributed by atoms with Gasteiger partial charge in [0.1, 0.15) is 0 Å². The van der Waals surface area contributed by atoms with Gasteiger partial charge in [0.25, 0.3) is 0 Å². The van der Waals surface area contributed by atoms with E-state index >= 15 is 0 Å². The first-order valence-electron chi connectivity index (χ1n) is 5.18. The lowest BCUT2D eigenvalue weighted by atomic mass is 10.3. The Balaban J connectivity index is 2.59. The molecule has 100 valence electrons. The third-order valence-electron chi connectivity index (χ3n) is 1.89. The fourth-order valence-electron chi connectivity index (χ4n) is 1.17. The number of halogens is 3. The minimum absolute atomic E-state index is 0.0376. The zero-order valence-corrected chi connectivity index (χ0v) is 15.2. The summed E-state index contributed by atoms with van der Waals surface area (Å²) in [6.07, 6.45) is 0. The summed E-state index contributed by atoms with van der Waals surface area (Å²) in [5.74, 6) is 1.14. The highest BCUT2D eigenvalue weighted by Crippen LogP contribution is 2.34. The Bertz CT molecular complexity index is 417. The van der Waals surface area contributed by atoms with Crippen LogP contribution in [0, 0.1) is 0 Å². The molecule has 1 atom stereocenters. The molecular formula is C11H13Br3N2OS. The first kappa shape index (κ1) is 16.5. The van der Waals surface area contributed by atoms with Crippen molar-refractivity contribution >= 4 is 71.1 Å². The maximum atomic E-state index is 11.8. The van der Waals surface area contributed by atoms with Crippen LogP contribution in [0.4, 0.5) is 5.69 Å². The molecule has 0 aliphatic rings. The number of rotatable bonds is 5. The van der Waals surface area contributed by atoms with Gasteiger partial charge in [-0.25, -0.2) is 0 Å². The average Bonchev–Trinajstić information content (AvgIpc) is 2.22. The lowest BCUT2D eigenvalue weighted by Crippen LogP contribution is -2.20.